The van der Waals surface area contributed by atoms with Gasteiger partial charge in [-0.1, -0.05) is 156 Å². The van der Waals surface area contributed by atoms with Gasteiger partial charge < -0.3 is 14.9 Å². The van der Waals surface area contributed by atoms with Crippen LogP contribution in [0.2, 0.25) is 0 Å². The molecule has 0 radical (unpaired) electrons. The van der Waals surface area contributed by atoms with Crippen LogP contribution in [0.25, 0.3) is 11.4 Å². The predicted molar refractivity (Wildman–Crippen MR) is 243 cm³/mol. The van der Waals surface area contributed by atoms with Gasteiger partial charge in [0.15, 0.2) is 6.23 Å². The van der Waals surface area contributed by atoms with Gasteiger partial charge in [-0.2, -0.15) is 0 Å². The molecule has 2 aliphatic heterocycles. The van der Waals surface area contributed by atoms with Gasteiger partial charge in [0.1, 0.15) is 0 Å². The molecule has 1 amide bonds. The minimum atomic E-state index is -0.843. The van der Waals surface area contributed by atoms with Crippen LogP contribution in [0.1, 0.15) is 192 Å². The largest absolute Gasteiger partial charge is 0.369 e. The lowest BCUT2D eigenvalue weighted by Gasteiger charge is -2.33. The molecule has 4 rings (SSSR count). The SMILES string of the molecule is CCCCCCCCC(CCCCCC)CN1C(=O)C2=C(c3ccc(Br)s3)N(CC(CCCCCC)CCCCCCCC)[C@H](O)C2=C1c1ccc(Br)s1. The average Bonchev–Trinajstić information content (AvgIpc) is 3.92. The van der Waals surface area contributed by atoms with Crippen LogP contribution in [0.4, 0.5) is 0 Å². The van der Waals surface area contributed by atoms with Crippen molar-refractivity contribution in [1.82, 2.24) is 9.80 Å². The maximum absolute atomic E-state index is 15.1. The van der Waals surface area contributed by atoms with E-state index in [-0.39, 0.29) is 5.91 Å². The third-order valence-electron chi connectivity index (χ3n) is 11.7. The summed E-state index contributed by atoms with van der Waals surface area (Å²) in [5.41, 5.74) is 3.48. The molecule has 1 N–H and O–H groups in total. The Morgan fingerprint density at radius 3 is 1.39 bits per heavy atom. The molecule has 2 aromatic rings. The first-order valence-corrected chi connectivity index (χ1v) is 25.3. The third-order valence-corrected chi connectivity index (χ3v) is 15.0. The molecular formula is C46H72Br2N2O2S2. The molecule has 2 unspecified atom stereocenters. The van der Waals surface area contributed by atoms with Crippen molar-refractivity contribution in [1.29, 1.82) is 0 Å². The molecular weight excluding hydrogens is 836 g/mol. The minimum Gasteiger partial charge on any atom is -0.369 e. The number of aliphatic hydroxyl groups is 1. The number of hydrogen-bond acceptors (Lipinski definition) is 5. The van der Waals surface area contributed by atoms with Gasteiger partial charge >= 0.3 is 0 Å². The quantitative estimate of drug-likeness (QED) is 0.0794. The van der Waals surface area contributed by atoms with Gasteiger partial charge in [-0.25, -0.2) is 0 Å². The molecule has 0 fully saturated rings. The fourth-order valence-electron chi connectivity index (χ4n) is 8.63. The van der Waals surface area contributed by atoms with Crippen LogP contribution in [0, 0.1) is 11.8 Å². The van der Waals surface area contributed by atoms with Gasteiger partial charge in [-0.3, -0.25) is 4.79 Å². The molecule has 304 valence electrons. The third kappa shape index (κ3) is 13.6. The molecule has 0 aliphatic carbocycles. The Bertz CT molecular complexity index is 1450. The predicted octanol–water partition coefficient (Wildman–Crippen LogP) is 15.6. The first kappa shape index (κ1) is 45.8. The fraction of sp³-hybridized carbons (Fsp3) is 0.717. The number of halogens is 2. The van der Waals surface area contributed by atoms with Crippen LogP contribution in [-0.4, -0.2) is 40.1 Å². The summed E-state index contributed by atoms with van der Waals surface area (Å²) in [6.07, 6.45) is 29.4. The van der Waals surface area contributed by atoms with Crippen LogP contribution in [-0.2, 0) is 4.79 Å². The fourth-order valence-corrected chi connectivity index (χ4v) is 11.5. The molecule has 0 saturated heterocycles. The highest BCUT2D eigenvalue weighted by Crippen LogP contribution is 2.51. The zero-order chi connectivity index (χ0) is 38.7. The van der Waals surface area contributed by atoms with E-state index in [1.54, 1.807) is 22.7 Å². The number of unbranched alkanes of at least 4 members (excludes halogenated alkanes) is 16. The number of rotatable bonds is 30. The Hall–Kier alpha value is -0.930. The van der Waals surface area contributed by atoms with Crippen molar-refractivity contribution in [3.63, 3.8) is 0 Å². The maximum atomic E-state index is 15.1. The molecule has 0 aromatic carbocycles. The van der Waals surface area contributed by atoms with Crippen LogP contribution in [0.5, 0.6) is 0 Å². The molecule has 8 heteroatoms. The number of nitrogens with zero attached hydrogens (tertiary/aromatic N) is 2. The van der Waals surface area contributed by atoms with Crippen molar-refractivity contribution < 1.29 is 9.90 Å². The van der Waals surface area contributed by atoms with Gasteiger partial charge in [-0.15, -0.1) is 22.7 Å². The van der Waals surface area contributed by atoms with Crippen LogP contribution < -0.4 is 0 Å². The zero-order valence-electron chi connectivity index (χ0n) is 34.2. The van der Waals surface area contributed by atoms with E-state index in [0.717, 1.165) is 65.8 Å². The number of fused-ring (bicyclic) bond motifs is 1. The van der Waals surface area contributed by atoms with Gasteiger partial charge in [0.25, 0.3) is 5.91 Å². The molecule has 2 aromatic heterocycles. The van der Waals surface area contributed by atoms with Crippen molar-refractivity contribution in [2.45, 2.75) is 188 Å². The second-order valence-electron chi connectivity index (χ2n) is 16.2. The van der Waals surface area contributed by atoms with E-state index >= 15 is 4.79 Å². The highest BCUT2D eigenvalue weighted by atomic mass is 79.9. The molecule has 4 heterocycles. The van der Waals surface area contributed by atoms with E-state index in [1.165, 1.54) is 141 Å². The Kier molecular flexibility index (Phi) is 21.6. The van der Waals surface area contributed by atoms with Crippen molar-refractivity contribution >= 4 is 71.8 Å². The van der Waals surface area contributed by atoms with E-state index < -0.39 is 6.23 Å². The smallest absolute Gasteiger partial charge is 0.261 e. The van der Waals surface area contributed by atoms with E-state index in [2.05, 4.69) is 93.6 Å². The highest BCUT2D eigenvalue weighted by Gasteiger charge is 2.49. The molecule has 0 spiro atoms. The summed E-state index contributed by atoms with van der Waals surface area (Å²) in [7, 11) is 0. The number of thiophene rings is 2. The lowest BCUT2D eigenvalue weighted by Crippen LogP contribution is -2.36. The molecule has 54 heavy (non-hydrogen) atoms. The minimum absolute atomic E-state index is 0.0857. The second kappa shape index (κ2) is 25.4. The van der Waals surface area contributed by atoms with Gasteiger partial charge in [0.2, 0.25) is 0 Å². The Morgan fingerprint density at radius 2 is 0.963 bits per heavy atom. The summed E-state index contributed by atoms with van der Waals surface area (Å²) in [5, 5.41) is 12.6. The monoisotopic (exact) mass is 906 g/mol. The lowest BCUT2D eigenvalue weighted by molar-refractivity contribution is -0.123. The first-order chi connectivity index (χ1) is 26.3. The number of carbonyl (C=O) groups excluding carboxylic acids is 1. The van der Waals surface area contributed by atoms with Crippen LogP contribution >= 0.6 is 54.5 Å². The van der Waals surface area contributed by atoms with Crippen molar-refractivity contribution in [2.75, 3.05) is 13.1 Å². The van der Waals surface area contributed by atoms with Gasteiger partial charge in [0.05, 0.1) is 34.3 Å². The second-order valence-corrected chi connectivity index (χ2v) is 21.1. The van der Waals surface area contributed by atoms with E-state index in [0.29, 0.717) is 11.8 Å². The summed E-state index contributed by atoms with van der Waals surface area (Å²) >= 11 is 10.8. The van der Waals surface area contributed by atoms with Crippen molar-refractivity contribution in [3.05, 3.63) is 52.7 Å². The topological polar surface area (TPSA) is 43.8 Å². The van der Waals surface area contributed by atoms with Gasteiger partial charge in [-0.05, 0) is 93.6 Å². The molecule has 3 atom stereocenters. The molecule has 0 saturated carbocycles. The van der Waals surface area contributed by atoms with Crippen molar-refractivity contribution in [3.8, 4) is 0 Å². The Morgan fingerprint density at radius 1 is 0.574 bits per heavy atom. The Labute approximate surface area is 354 Å². The van der Waals surface area contributed by atoms with E-state index in [4.69, 9.17) is 0 Å². The van der Waals surface area contributed by atoms with Gasteiger partial charge in [0, 0.05) is 18.7 Å². The molecule has 4 nitrogen and oxygen atoms in total. The molecule has 0 bridgehead atoms. The zero-order valence-corrected chi connectivity index (χ0v) is 39.1. The average molecular weight is 909 g/mol. The summed E-state index contributed by atoms with van der Waals surface area (Å²) in [4.78, 5) is 21.6. The van der Waals surface area contributed by atoms with E-state index in [9.17, 15) is 5.11 Å². The van der Waals surface area contributed by atoms with Crippen LogP contribution in [0.15, 0.2) is 43.0 Å². The summed E-state index contributed by atoms with van der Waals surface area (Å²) in [5.74, 6) is 1.02. The standard InChI is InChI=1S/C46H72Br2N2O2S2/c1-5-9-13-17-19-23-27-35(25-21-15-11-7-3)33-49-43(37-29-31-39(47)53-37)41-42(45(49)51)44(38-30-32-40(48)54-38)50(46(41)52)34-36(26-22-16-12-8-4)28-24-20-18-14-10-6-2/h29-32,35-36,45,51H,5-28,33-34H2,1-4H3/t35?,36?,45-/m1/s1. The summed E-state index contributed by atoms with van der Waals surface area (Å²) < 4.78 is 2.10. The number of carbonyl (C=O) groups is 1. The maximum Gasteiger partial charge on any atom is 0.261 e. The summed E-state index contributed by atoms with van der Waals surface area (Å²) in [6.45, 7) is 10.6. The molecule has 2 aliphatic rings. The number of hydrogen-bond donors (Lipinski definition) is 1. The van der Waals surface area contributed by atoms with E-state index in [1.807, 2.05) is 0 Å². The lowest BCUT2D eigenvalue weighted by atomic mass is 9.93. The Balaban J connectivity index is 1.68. The number of aliphatic hydroxyl groups excluding tert-OH is 1. The normalized spacial score (nSPS) is 17.1. The highest BCUT2D eigenvalue weighted by molar-refractivity contribution is 9.11. The van der Waals surface area contributed by atoms with Crippen molar-refractivity contribution in [2.24, 2.45) is 11.8 Å². The van der Waals surface area contributed by atoms with Crippen LogP contribution in [0.3, 0.4) is 0 Å². The summed E-state index contributed by atoms with van der Waals surface area (Å²) in [6, 6.07) is 8.49. The number of amides is 1. The first-order valence-electron chi connectivity index (χ1n) is 22.1.